The molecule has 0 N–H and O–H groups in total. The van der Waals surface area contributed by atoms with Gasteiger partial charge in [-0.25, -0.2) is 4.79 Å². The lowest BCUT2D eigenvalue weighted by molar-refractivity contribution is -0.140. The Balaban J connectivity index is 1.57. The summed E-state index contributed by atoms with van der Waals surface area (Å²) in [5, 5.41) is 0. The molecule has 27 heavy (non-hydrogen) atoms. The number of Topliss-reactive ketones (excluding diaryl/α,β-unsaturated/α-hetero) is 1. The number of carbonyl (C=O) groups is 2. The zero-order valence-corrected chi connectivity index (χ0v) is 15.1. The van der Waals surface area contributed by atoms with Gasteiger partial charge in [-0.15, -0.1) is 0 Å². The van der Waals surface area contributed by atoms with Crippen molar-refractivity contribution < 1.29 is 28.5 Å². The molecule has 3 rings (SSSR count). The van der Waals surface area contributed by atoms with E-state index in [0.717, 1.165) is 5.56 Å². The molecule has 1 atom stereocenters. The van der Waals surface area contributed by atoms with Crippen LogP contribution >= 0.6 is 0 Å². The maximum Gasteiger partial charge on any atom is 0.331 e. The Bertz CT molecular complexity index is 853. The van der Waals surface area contributed by atoms with Gasteiger partial charge in [0.05, 0.1) is 6.61 Å². The molecule has 0 saturated heterocycles. The maximum absolute atomic E-state index is 12.4. The number of rotatable bonds is 7. The number of carbonyl (C=O) groups excluding carboxylic acids is 2. The zero-order chi connectivity index (χ0) is 19.2. The second-order valence-electron chi connectivity index (χ2n) is 5.85. The number of benzene rings is 2. The van der Waals surface area contributed by atoms with Crippen molar-refractivity contribution in [1.29, 1.82) is 0 Å². The van der Waals surface area contributed by atoms with E-state index in [0.29, 0.717) is 29.4 Å². The fraction of sp³-hybridized carbons (Fsp3) is 0.238. The molecule has 1 heterocycles. The molecule has 140 valence electrons. The van der Waals surface area contributed by atoms with Crippen LogP contribution in [0.15, 0.2) is 48.5 Å². The topological polar surface area (TPSA) is 71.1 Å². The Hall–Kier alpha value is -3.28. The second-order valence-corrected chi connectivity index (χ2v) is 5.85. The van der Waals surface area contributed by atoms with Crippen molar-refractivity contribution >= 4 is 17.8 Å². The minimum absolute atomic E-state index is 0.190. The number of ether oxygens (including phenoxy) is 4. The Morgan fingerprint density at radius 1 is 1.11 bits per heavy atom. The van der Waals surface area contributed by atoms with Gasteiger partial charge in [0.1, 0.15) is 5.75 Å². The highest BCUT2D eigenvalue weighted by Crippen LogP contribution is 2.32. The van der Waals surface area contributed by atoms with Gasteiger partial charge in [-0.1, -0.05) is 6.07 Å². The molecule has 0 saturated carbocycles. The van der Waals surface area contributed by atoms with Crippen molar-refractivity contribution in [2.75, 3.05) is 13.4 Å². The molecule has 0 radical (unpaired) electrons. The van der Waals surface area contributed by atoms with Gasteiger partial charge in [-0.2, -0.15) is 0 Å². The van der Waals surface area contributed by atoms with E-state index in [1.807, 2.05) is 6.92 Å². The highest BCUT2D eigenvalue weighted by atomic mass is 16.7. The van der Waals surface area contributed by atoms with Crippen LogP contribution in [0.4, 0.5) is 0 Å². The molecule has 0 unspecified atom stereocenters. The average Bonchev–Trinajstić information content (AvgIpc) is 3.14. The number of ketones is 1. The van der Waals surface area contributed by atoms with E-state index in [1.165, 1.54) is 6.08 Å². The zero-order valence-electron chi connectivity index (χ0n) is 15.1. The molecule has 0 aromatic heterocycles. The van der Waals surface area contributed by atoms with Crippen molar-refractivity contribution in [2.45, 2.75) is 20.0 Å². The van der Waals surface area contributed by atoms with E-state index in [-0.39, 0.29) is 12.6 Å². The van der Waals surface area contributed by atoms with Gasteiger partial charge in [0, 0.05) is 11.6 Å². The van der Waals surface area contributed by atoms with Crippen LogP contribution in [0.25, 0.3) is 6.08 Å². The molecule has 0 aliphatic carbocycles. The molecule has 0 spiro atoms. The van der Waals surface area contributed by atoms with Crippen LogP contribution in [-0.4, -0.2) is 31.3 Å². The van der Waals surface area contributed by atoms with E-state index in [4.69, 9.17) is 18.9 Å². The standard InChI is InChI=1S/C21H20O6/c1-3-24-17-8-6-16(7-9-17)21(23)14(2)27-20(22)11-5-15-4-10-18-19(12-15)26-13-25-18/h4-12,14H,3,13H2,1-2H3/b11-5+/t14-/m1/s1. The molecule has 2 aromatic carbocycles. The summed E-state index contributed by atoms with van der Waals surface area (Å²) in [6.45, 7) is 4.18. The Kier molecular flexibility index (Phi) is 5.76. The minimum atomic E-state index is -0.892. The average molecular weight is 368 g/mol. The largest absolute Gasteiger partial charge is 0.494 e. The van der Waals surface area contributed by atoms with Gasteiger partial charge < -0.3 is 18.9 Å². The van der Waals surface area contributed by atoms with Crippen LogP contribution in [0.2, 0.25) is 0 Å². The first kappa shape index (κ1) is 18.5. The van der Waals surface area contributed by atoms with Gasteiger partial charge >= 0.3 is 5.97 Å². The van der Waals surface area contributed by atoms with Gasteiger partial charge in [0.25, 0.3) is 0 Å². The molecular weight excluding hydrogens is 348 g/mol. The van der Waals surface area contributed by atoms with E-state index in [9.17, 15) is 9.59 Å². The van der Waals surface area contributed by atoms with Crippen LogP contribution in [0.1, 0.15) is 29.8 Å². The number of hydrogen-bond donors (Lipinski definition) is 0. The Labute approximate surface area is 157 Å². The molecule has 0 fully saturated rings. The first-order chi connectivity index (χ1) is 13.1. The lowest BCUT2D eigenvalue weighted by Crippen LogP contribution is -2.23. The maximum atomic E-state index is 12.4. The van der Waals surface area contributed by atoms with Gasteiger partial charge in [-0.3, -0.25) is 4.79 Å². The molecule has 0 bridgehead atoms. The smallest absolute Gasteiger partial charge is 0.331 e. The Morgan fingerprint density at radius 2 is 1.85 bits per heavy atom. The fourth-order valence-electron chi connectivity index (χ4n) is 2.56. The summed E-state index contributed by atoms with van der Waals surface area (Å²) in [6, 6.07) is 12.1. The third-order valence-corrected chi connectivity index (χ3v) is 3.92. The van der Waals surface area contributed by atoms with Crippen LogP contribution in [-0.2, 0) is 9.53 Å². The lowest BCUT2D eigenvalue weighted by atomic mass is 10.1. The van der Waals surface area contributed by atoms with Gasteiger partial charge in [0.15, 0.2) is 17.6 Å². The van der Waals surface area contributed by atoms with Gasteiger partial charge in [-0.05, 0) is 61.9 Å². The highest BCUT2D eigenvalue weighted by Gasteiger charge is 2.18. The van der Waals surface area contributed by atoms with Gasteiger partial charge in [0.2, 0.25) is 12.6 Å². The predicted octanol–water partition coefficient (Wildman–Crippen LogP) is 3.64. The molecule has 6 heteroatoms. The number of hydrogen-bond acceptors (Lipinski definition) is 6. The molecular formula is C21H20O6. The summed E-state index contributed by atoms with van der Waals surface area (Å²) in [6.07, 6.45) is 1.98. The van der Waals surface area contributed by atoms with Crippen molar-refractivity contribution in [3.63, 3.8) is 0 Å². The summed E-state index contributed by atoms with van der Waals surface area (Å²) in [7, 11) is 0. The summed E-state index contributed by atoms with van der Waals surface area (Å²) in [5.41, 5.74) is 1.22. The lowest BCUT2D eigenvalue weighted by Gasteiger charge is -2.11. The quantitative estimate of drug-likeness (QED) is 0.422. The normalized spacial score (nSPS) is 13.4. The van der Waals surface area contributed by atoms with Crippen LogP contribution < -0.4 is 14.2 Å². The number of fused-ring (bicyclic) bond motifs is 1. The van der Waals surface area contributed by atoms with E-state index in [1.54, 1.807) is 55.5 Å². The van der Waals surface area contributed by atoms with Crippen molar-refractivity contribution in [3.8, 4) is 17.2 Å². The minimum Gasteiger partial charge on any atom is -0.494 e. The molecule has 1 aliphatic heterocycles. The molecule has 0 amide bonds. The van der Waals surface area contributed by atoms with Crippen molar-refractivity contribution in [1.82, 2.24) is 0 Å². The summed E-state index contributed by atoms with van der Waals surface area (Å²) in [4.78, 5) is 24.4. The Morgan fingerprint density at radius 3 is 2.59 bits per heavy atom. The van der Waals surface area contributed by atoms with E-state index >= 15 is 0 Å². The molecule has 1 aliphatic rings. The third-order valence-electron chi connectivity index (χ3n) is 3.92. The van der Waals surface area contributed by atoms with E-state index < -0.39 is 12.1 Å². The first-order valence-corrected chi connectivity index (χ1v) is 8.62. The van der Waals surface area contributed by atoms with Crippen LogP contribution in [0, 0.1) is 0 Å². The first-order valence-electron chi connectivity index (χ1n) is 8.62. The fourth-order valence-corrected chi connectivity index (χ4v) is 2.56. The third kappa shape index (κ3) is 4.67. The molecule has 6 nitrogen and oxygen atoms in total. The van der Waals surface area contributed by atoms with Crippen molar-refractivity contribution in [2.24, 2.45) is 0 Å². The van der Waals surface area contributed by atoms with Crippen molar-refractivity contribution in [3.05, 3.63) is 59.7 Å². The monoisotopic (exact) mass is 368 g/mol. The van der Waals surface area contributed by atoms with Crippen LogP contribution in [0.3, 0.4) is 0 Å². The molecule has 2 aromatic rings. The highest BCUT2D eigenvalue weighted by molar-refractivity contribution is 6.01. The number of esters is 1. The van der Waals surface area contributed by atoms with Crippen LogP contribution in [0.5, 0.6) is 17.2 Å². The summed E-state index contributed by atoms with van der Waals surface area (Å²) in [5.74, 6) is 1.11. The predicted molar refractivity (Wildman–Crippen MR) is 99.1 cm³/mol. The second kappa shape index (κ2) is 8.40. The van der Waals surface area contributed by atoms with E-state index in [2.05, 4.69) is 0 Å². The SMILES string of the molecule is CCOc1ccc(C(=O)[C@@H](C)OC(=O)/C=C/c2ccc3c(c2)OCO3)cc1. The summed E-state index contributed by atoms with van der Waals surface area (Å²) >= 11 is 0. The summed E-state index contributed by atoms with van der Waals surface area (Å²) < 4.78 is 21.1.